The molecule has 0 aliphatic heterocycles. The maximum atomic E-state index is 12.4. The Balaban J connectivity index is 2.20. The van der Waals surface area contributed by atoms with Gasteiger partial charge in [0.15, 0.2) is 0 Å². The van der Waals surface area contributed by atoms with E-state index in [2.05, 4.69) is 0 Å². The highest BCUT2D eigenvalue weighted by Crippen LogP contribution is 2.20. The van der Waals surface area contributed by atoms with Crippen LogP contribution in [0.3, 0.4) is 0 Å². The molecule has 5 nitrogen and oxygen atoms in total. The van der Waals surface area contributed by atoms with Crippen LogP contribution in [0.2, 0.25) is 0 Å². The van der Waals surface area contributed by atoms with Crippen molar-refractivity contribution >= 4 is 28.8 Å². The van der Waals surface area contributed by atoms with E-state index in [0.717, 1.165) is 11.4 Å². The van der Waals surface area contributed by atoms with Crippen LogP contribution in [0.4, 0.5) is 27.5 Å². The minimum Gasteiger partial charge on any atom is -0.399 e. The average Bonchev–Trinajstić information content (AvgIpc) is 2.46. The first-order valence-electron chi connectivity index (χ1n) is 6.21. The van der Waals surface area contributed by atoms with Gasteiger partial charge in [-0.2, -0.15) is 0 Å². The SMILES string of the molecule is CN(C(=O)N(C)c1cccc(N)c1)c1ccc(N)cc1. The third-order valence-electron chi connectivity index (χ3n) is 3.11. The number of hydrogen-bond acceptors (Lipinski definition) is 3. The Morgan fingerprint density at radius 3 is 2.05 bits per heavy atom. The summed E-state index contributed by atoms with van der Waals surface area (Å²) in [5, 5.41) is 0. The third kappa shape index (κ3) is 2.83. The first kappa shape index (κ1) is 13.7. The smallest absolute Gasteiger partial charge is 0.328 e. The van der Waals surface area contributed by atoms with Gasteiger partial charge < -0.3 is 11.5 Å². The summed E-state index contributed by atoms with van der Waals surface area (Å²) < 4.78 is 0. The summed E-state index contributed by atoms with van der Waals surface area (Å²) in [6, 6.07) is 14.2. The van der Waals surface area contributed by atoms with E-state index in [-0.39, 0.29) is 6.03 Å². The molecule has 2 aromatic rings. The second-order valence-corrected chi connectivity index (χ2v) is 4.59. The van der Waals surface area contributed by atoms with Gasteiger partial charge in [-0.15, -0.1) is 0 Å². The molecule has 0 radical (unpaired) electrons. The predicted octanol–water partition coefficient (Wildman–Crippen LogP) is 2.54. The second kappa shape index (κ2) is 5.52. The lowest BCUT2D eigenvalue weighted by Crippen LogP contribution is -2.38. The Morgan fingerprint density at radius 2 is 1.45 bits per heavy atom. The van der Waals surface area contributed by atoms with E-state index in [9.17, 15) is 4.79 Å². The zero-order valence-corrected chi connectivity index (χ0v) is 11.6. The van der Waals surface area contributed by atoms with E-state index in [4.69, 9.17) is 11.5 Å². The molecule has 0 aromatic heterocycles. The summed E-state index contributed by atoms with van der Waals surface area (Å²) in [4.78, 5) is 15.5. The molecule has 0 fully saturated rings. The molecule has 0 spiro atoms. The monoisotopic (exact) mass is 270 g/mol. The fraction of sp³-hybridized carbons (Fsp3) is 0.133. The molecule has 2 amide bonds. The molecule has 0 aliphatic rings. The van der Waals surface area contributed by atoms with Gasteiger partial charge in [-0.05, 0) is 42.5 Å². The van der Waals surface area contributed by atoms with Crippen LogP contribution in [0, 0.1) is 0 Å². The minimum atomic E-state index is -0.152. The van der Waals surface area contributed by atoms with Crippen LogP contribution in [0.15, 0.2) is 48.5 Å². The molecular formula is C15H18N4O. The normalized spacial score (nSPS) is 10.1. The Hall–Kier alpha value is -2.69. The minimum absolute atomic E-state index is 0.152. The van der Waals surface area contributed by atoms with E-state index < -0.39 is 0 Å². The molecule has 0 saturated carbocycles. The van der Waals surface area contributed by atoms with Gasteiger partial charge in [-0.1, -0.05) is 6.07 Å². The highest BCUT2D eigenvalue weighted by atomic mass is 16.2. The molecule has 0 aliphatic carbocycles. The molecule has 4 N–H and O–H groups in total. The quantitative estimate of drug-likeness (QED) is 0.823. The van der Waals surface area contributed by atoms with Crippen molar-refractivity contribution in [3.05, 3.63) is 48.5 Å². The van der Waals surface area contributed by atoms with Crippen molar-refractivity contribution in [3.8, 4) is 0 Å². The highest BCUT2D eigenvalue weighted by molar-refractivity contribution is 6.03. The lowest BCUT2D eigenvalue weighted by molar-refractivity contribution is 0.253. The maximum Gasteiger partial charge on any atom is 0.328 e. The van der Waals surface area contributed by atoms with E-state index in [0.29, 0.717) is 11.4 Å². The highest BCUT2D eigenvalue weighted by Gasteiger charge is 2.17. The van der Waals surface area contributed by atoms with E-state index in [1.807, 2.05) is 12.1 Å². The fourth-order valence-corrected chi connectivity index (χ4v) is 1.88. The van der Waals surface area contributed by atoms with Gasteiger partial charge in [-0.3, -0.25) is 9.80 Å². The van der Waals surface area contributed by atoms with Gasteiger partial charge in [-0.25, -0.2) is 4.79 Å². The van der Waals surface area contributed by atoms with Crippen LogP contribution >= 0.6 is 0 Å². The summed E-state index contributed by atoms with van der Waals surface area (Å²) in [5.74, 6) is 0. The Bertz CT molecular complexity index is 610. The number of nitrogens with zero attached hydrogens (tertiary/aromatic N) is 2. The lowest BCUT2D eigenvalue weighted by atomic mass is 10.2. The first-order valence-corrected chi connectivity index (χ1v) is 6.21. The largest absolute Gasteiger partial charge is 0.399 e. The van der Waals surface area contributed by atoms with Crippen LogP contribution in [-0.2, 0) is 0 Å². The van der Waals surface area contributed by atoms with Crippen LogP contribution < -0.4 is 21.3 Å². The van der Waals surface area contributed by atoms with Crippen LogP contribution in [0.5, 0.6) is 0 Å². The zero-order chi connectivity index (χ0) is 14.7. The van der Waals surface area contributed by atoms with Crippen molar-refractivity contribution in [1.82, 2.24) is 0 Å². The summed E-state index contributed by atoms with van der Waals surface area (Å²) in [6.07, 6.45) is 0. The Labute approximate surface area is 118 Å². The summed E-state index contributed by atoms with van der Waals surface area (Å²) in [7, 11) is 3.43. The fourth-order valence-electron chi connectivity index (χ4n) is 1.88. The van der Waals surface area contributed by atoms with Crippen molar-refractivity contribution in [3.63, 3.8) is 0 Å². The molecule has 0 bridgehead atoms. The standard InChI is InChI=1S/C15H18N4O/c1-18(13-8-6-11(16)7-9-13)15(20)19(2)14-5-3-4-12(17)10-14/h3-10H,16-17H2,1-2H3. The number of nitrogens with two attached hydrogens (primary N) is 2. The second-order valence-electron chi connectivity index (χ2n) is 4.59. The van der Waals surface area contributed by atoms with Gasteiger partial charge >= 0.3 is 6.03 Å². The number of carbonyl (C=O) groups is 1. The van der Waals surface area contributed by atoms with Crippen LogP contribution in [0.1, 0.15) is 0 Å². The number of carbonyl (C=O) groups excluding carboxylic acids is 1. The number of hydrogen-bond donors (Lipinski definition) is 2. The molecule has 0 atom stereocenters. The molecule has 0 heterocycles. The number of urea groups is 1. The number of benzene rings is 2. The Kier molecular flexibility index (Phi) is 3.79. The molecule has 0 unspecified atom stereocenters. The molecule has 0 saturated heterocycles. The molecular weight excluding hydrogens is 252 g/mol. The first-order chi connectivity index (χ1) is 9.49. The Morgan fingerprint density at radius 1 is 0.850 bits per heavy atom. The summed E-state index contributed by atoms with van der Waals surface area (Å²) in [6.45, 7) is 0. The van der Waals surface area contributed by atoms with Crippen molar-refractivity contribution < 1.29 is 4.79 Å². The van der Waals surface area contributed by atoms with Crippen molar-refractivity contribution in [1.29, 1.82) is 0 Å². The van der Waals surface area contributed by atoms with Crippen LogP contribution in [-0.4, -0.2) is 20.1 Å². The third-order valence-corrected chi connectivity index (χ3v) is 3.11. The molecule has 5 heteroatoms. The van der Waals surface area contributed by atoms with Gasteiger partial charge in [0.1, 0.15) is 0 Å². The van der Waals surface area contributed by atoms with Crippen molar-refractivity contribution in [2.24, 2.45) is 0 Å². The number of nitrogen functional groups attached to an aromatic ring is 2. The van der Waals surface area contributed by atoms with Gasteiger partial charge in [0.05, 0.1) is 0 Å². The lowest BCUT2D eigenvalue weighted by Gasteiger charge is -2.25. The van der Waals surface area contributed by atoms with E-state index >= 15 is 0 Å². The summed E-state index contributed by atoms with van der Waals surface area (Å²) in [5.41, 5.74) is 14.2. The van der Waals surface area contributed by atoms with E-state index in [1.54, 1.807) is 60.3 Å². The van der Waals surface area contributed by atoms with Crippen molar-refractivity contribution in [2.45, 2.75) is 0 Å². The van der Waals surface area contributed by atoms with Gasteiger partial charge in [0.25, 0.3) is 0 Å². The average molecular weight is 270 g/mol. The predicted molar refractivity (Wildman–Crippen MR) is 83.9 cm³/mol. The molecule has 2 aromatic carbocycles. The van der Waals surface area contributed by atoms with Crippen LogP contribution in [0.25, 0.3) is 0 Å². The number of anilines is 4. The zero-order valence-electron chi connectivity index (χ0n) is 11.6. The summed E-state index contributed by atoms with van der Waals surface area (Å²) >= 11 is 0. The molecule has 2 rings (SSSR count). The topological polar surface area (TPSA) is 75.6 Å². The molecule has 104 valence electrons. The number of amides is 2. The van der Waals surface area contributed by atoms with Gasteiger partial charge in [0.2, 0.25) is 0 Å². The van der Waals surface area contributed by atoms with E-state index in [1.165, 1.54) is 0 Å². The van der Waals surface area contributed by atoms with Crippen molar-refractivity contribution in [2.75, 3.05) is 35.4 Å². The van der Waals surface area contributed by atoms with Gasteiger partial charge in [0, 0.05) is 36.8 Å². The maximum absolute atomic E-state index is 12.4. The molecule has 20 heavy (non-hydrogen) atoms. The number of rotatable bonds is 2.